The highest BCUT2D eigenvalue weighted by Gasteiger charge is 2.15. The van der Waals surface area contributed by atoms with Gasteiger partial charge >= 0.3 is 0 Å². The third kappa shape index (κ3) is 6.63. The molecule has 152 valence electrons. The summed E-state index contributed by atoms with van der Waals surface area (Å²) in [7, 11) is 3.39. The van der Waals surface area contributed by atoms with Gasteiger partial charge in [0, 0.05) is 37.9 Å². The van der Waals surface area contributed by atoms with Gasteiger partial charge in [0.2, 0.25) is 0 Å². The molecule has 0 bridgehead atoms. The number of carbonyl (C=O) groups excluding carboxylic acids is 2. The minimum absolute atomic E-state index is 0.0641. The number of aromatic nitrogens is 3. The fourth-order valence-corrected chi connectivity index (χ4v) is 2.82. The van der Waals surface area contributed by atoms with Crippen LogP contribution in [0.4, 0.5) is 10.5 Å². The van der Waals surface area contributed by atoms with E-state index in [1.165, 1.54) is 9.58 Å². The quantitative estimate of drug-likeness (QED) is 0.504. The van der Waals surface area contributed by atoms with Crippen molar-refractivity contribution in [1.29, 1.82) is 0 Å². The van der Waals surface area contributed by atoms with E-state index in [0.29, 0.717) is 25.4 Å². The number of ether oxygens (including phenoxy) is 2. The molecule has 0 radical (unpaired) electrons. The first-order valence-electron chi connectivity index (χ1n) is 8.86. The zero-order valence-corrected chi connectivity index (χ0v) is 17.2. The molecule has 0 saturated carbocycles. The number of hydrogen-bond acceptors (Lipinski definition) is 7. The topological polar surface area (TPSA) is 98.6 Å². The van der Waals surface area contributed by atoms with Crippen LogP contribution in [0.3, 0.4) is 0 Å². The lowest BCUT2D eigenvalue weighted by Crippen LogP contribution is -2.24. The zero-order valence-electron chi connectivity index (χ0n) is 16.4. The van der Waals surface area contributed by atoms with Gasteiger partial charge in [0.25, 0.3) is 11.1 Å². The van der Waals surface area contributed by atoms with Crippen LogP contribution in [0.25, 0.3) is 0 Å². The van der Waals surface area contributed by atoms with Crippen molar-refractivity contribution in [2.45, 2.75) is 31.6 Å². The SMILES string of the molecule is CCOC(Cn1cc(C(=O)Nc2ccc(SC(=O)N(C)C)cc2)nn1)OCC. The summed E-state index contributed by atoms with van der Waals surface area (Å²) in [6.07, 6.45) is 1.10. The summed E-state index contributed by atoms with van der Waals surface area (Å²) in [5.74, 6) is -0.375. The Bertz CT molecular complexity index is 773. The lowest BCUT2D eigenvalue weighted by Gasteiger charge is -2.16. The number of amides is 2. The second-order valence-electron chi connectivity index (χ2n) is 5.91. The van der Waals surface area contributed by atoms with Crippen LogP contribution < -0.4 is 5.32 Å². The average Bonchev–Trinajstić information content (AvgIpc) is 3.12. The fraction of sp³-hybridized carbons (Fsp3) is 0.444. The number of thioether (sulfide) groups is 1. The van der Waals surface area contributed by atoms with Gasteiger partial charge in [-0.3, -0.25) is 9.59 Å². The standard InChI is InChI=1S/C18H25N5O4S/c1-5-26-16(27-6-2)12-23-11-15(20-21-23)17(24)19-13-7-9-14(10-8-13)28-18(25)22(3)4/h7-11,16H,5-6,12H2,1-4H3,(H,19,24). The molecule has 2 aromatic rings. The molecule has 1 aromatic carbocycles. The Morgan fingerprint density at radius 1 is 1.18 bits per heavy atom. The Morgan fingerprint density at radius 3 is 2.39 bits per heavy atom. The van der Waals surface area contributed by atoms with Crippen molar-refractivity contribution in [3.63, 3.8) is 0 Å². The van der Waals surface area contributed by atoms with Crippen LogP contribution in [0.5, 0.6) is 0 Å². The average molecular weight is 407 g/mol. The van der Waals surface area contributed by atoms with Gasteiger partial charge in [-0.25, -0.2) is 4.68 Å². The van der Waals surface area contributed by atoms with Gasteiger partial charge in [0.15, 0.2) is 12.0 Å². The highest BCUT2D eigenvalue weighted by Crippen LogP contribution is 2.22. The molecule has 0 aliphatic carbocycles. The number of anilines is 1. The molecule has 1 N–H and O–H groups in total. The van der Waals surface area contributed by atoms with Crippen molar-refractivity contribution >= 4 is 28.6 Å². The molecule has 0 atom stereocenters. The second-order valence-corrected chi connectivity index (χ2v) is 6.93. The van der Waals surface area contributed by atoms with Crippen molar-refractivity contribution in [1.82, 2.24) is 19.9 Å². The molecule has 0 spiro atoms. The summed E-state index contributed by atoms with van der Waals surface area (Å²) < 4.78 is 12.4. The van der Waals surface area contributed by atoms with Gasteiger partial charge in [0.05, 0.1) is 12.7 Å². The number of nitrogens with zero attached hydrogens (tertiary/aromatic N) is 4. The molecule has 0 aliphatic rings. The molecule has 0 saturated heterocycles. The highest BCUT2D eigenvalue weighted by atomic mass is 32.2. The largest absolute Gasteiger partial charge is 0.351 e. The third-order valence-corrected chi connectivity index (χ3v) is 4.54. The molecule has 0 unspecified atom stereocenters. The number of carbonyl (C=O) groups is 2. The number of hydrogen-bond donors (Lipinski definition) is 1. The van der Waals surface area contributed by atoms with E-state index in [1.54, 1.807) is 44.6 Å². The predicted octanol–water partition coefficient (Wildman–Crippen LogP) is 2.70. The van der Waals surface area contributed by atoms with Crippen molar-refractivity contribution < 1.29 is 19.1 Å². The lowest BCUT2D eigenvalue weighted by atomic mass is 10.3. The van der Waals surface area contributed by atoms with Crippen molar-refractivity contribution in [2.75, 3.05) is 32.6 Å². The Morgan fingerprint density at radius 2 is 1.82 bits per heavy atom. The maximum Gasteiger partial charge on any atom is 0.285 e. The zero-order chi connectivity index (χ0) is 20.5. The Kier molecular flexibility index (Phi) is 8.42. The molecule has 0 aliphatic heterocycles. The summed E-state index contributed by atoms with van der Waals surface area (Å²) in [6, 6.07) is 7.00. The number of rotatable bonds is 9. The first-order chi connectivity index (χ1) is 13.4. The van der Waals surface area contributed by atoms with Crippen LogP contribution in [0.2, 0.25) is 0 Å². The van der Waals surface area contributed by atoms with E-state index in [-0.39, 0.29) is 16.8 Å². The lowest BCUT2D eigenvalue weighted by molar-refractivity contribution is -0.145. The van der Waals surface area contributed by atoms with Gasteiger partial charge in [-0.15, -0.1) is 5.10 Å². The molecular weight excluding hydrogens is 382 g/mol. The fourth-order valence-electron chi connectivity index (χ4n) is 2.16. The maximum absolute atomic E-state index is 12.4. The summed E-state index contributed by atoms with van der Waals surface area (Å²) >= 11 is 1.12. The minimum Gasteiger partial charge on any atom is -0.351 e. The van der Waals surface area contributed by atoms with Crippen LogP contribution in [-0.4, -0.2) is 64.6 Å². The van der Waals surface area contributed by atoms with E-state index in [1.807, 2.05) is 13.8 Å². The molecule has 2 rings (SSSR count). The number of nitrogens with one attached hydrogen (secondary N) is 1. The van der Waals surface area contributed by atoms with Crippen LogP contribution >= 0.6 is 11.8 Å². The first kappa shape index (κ1) is 21.9. The van der Waals surface area contributed by atoms with E-state index in [0.717, 1.165) is 16.7 Å². The molecule has 0 fully saturated rings. The second kappa shape index (κ2) is 10.8. The Hall–Kier alpha value is -2.43. The van der Waals surface area contributed by atoms with Crippen LogP contribution in [-0.2, 0) is 16.0 Å². The Balaban J connectivity index is 1.94. The molecule has 10 heteroatoms. The van der Waals surface area contributed by atoms with E-state index in [4.69, 9.17) is 9.47 Å². The van der Waals surface area contributed by atoms with E-state index < -0.39 is 6.29 Å². The highest BCUT2D eigenvalue weighted by molar-refractivity contribution is 8.13. The van der Waals surface area contributed by atoms with Crippen molar-refractivity contribution in [3.8, 4) is 0 Å². The van der Waals surface area contributed by atoms with Gasteiger partial charge in [-0.2, -0.15) is 0 Å². The van der Waals surface area contributed by atoms with Crippen molar-refractivity contribution in [3.05, 3.63) is 36.2 Å². The van der Waals surface area contributed by atoms with Crippen LogP contribution in [0.1, 0.15) is 24.3 Å². The first-order valence-corrected chi connectivity index (χ1v) is 9.68. The molecule has 2 amide bonds. The molecular formula is C18H25N5O4S. The summed E-state index contributed by atoms with van der Waals surface area (Å²) in [6.45, 7) is 5.13. The molecule has 1 aromatic heterocycles. The normalized spacial score (nSPS) is 10.9. The summed E-state index contributed by atoms with van der Waals surface area (Å²) in [4.78, 5) is 26.4. The van der Waals surface area contributed by atoms with E-state index in [9.17, 15) is 9.59 Å². The predicted molar refractivity (Wildman–Crippen MR) is 106 cm³/mol. The molecule has 9 nitrogen and oxygen atoms in total. The van der Waals surface area contributed by atoms with Crippen LogP contribution in [0, 0.1) is 0 Å². The Labute approximate surface area is 168 Å². The van der Waals surface area contributed by atoms with Gasteiger partial charge in [0.1, 0.15) is 0 Å². The maximum atomic E-state index is 12.4. The smallest absolute Gasteiger partial charge is 0.285 e. The monoisotopic (exact) mass is 407 g/mol. The third-order valence-electron chi connectivity index (χ3n) is 3.50. The summed E-state index contributed by atoms with van der Waals surface area (Å²) in [5, 5.41) is 10.5. The molecule has 1 heterocycles. The summed E-state index contributed by atoms with van der Waals surface area (Å²) in [5.41, 5.74) is 0.788. The van der Waals surface area contributed by atoms with Crippen LogP contribution in [0.15, 0.2) is 35.4 Å². The minimum atomic E-state index is -0.442. The van der Waals surface area contributed by atoms with Gasteiger partial charge < -0.3 is 19.7 Å². The van der Waals surface area contributed by atoms with Gasteiger partial charge in [-0.1, -0.05) is 5.21 Å². The van der Waals surface area contributed by atoms with E-state index in [2.05, 4.69) is 15.6 Å². The molecule has 28 heavy (non-hydrogen) atoms. The van der Waals surface area contributed by atoms with Crippen molar-refractivity contribution in [2.24, 2.45) is 0 Å². The number of benzene rings is 1. The van der Waals surface area contributed by atoms with E-state index >= 15 is 0 Å². The van der Waals surface area contributed by atoms with Gasteiger partial charge in [-0.05, 0) is 49.9 Å².